The van der Waals surface area contributed by atoms with E-state index in [1.54, 1.807) is 25.2 Å². The smallest absolute Gasteiger partial charge is 0.387 e. The van der Waals surface area contributed by atoms with Gasteiger partial charge in [0.2, 0.25) is 0 Å². The molecule has 21 heavy (non-hydrogen) atoms. The van der Waals surface area contributed by atoms with Crippen LogP contribution in [0.3, 0.4) is 0 Å². The molecule has 2 aromatic rings. The van der Waals surface area contributed by atoms with Gasteiger partial charge in [0.1, 0.15) is 5.75 Å². The zero-order valence-electron chi connectivity index (χ0n) is 11.1. The highest BCUT2D eigenvalue weighted by atomic mass is 79.9. The zero-order chi connectivity index (χ0) is 15.4. The summed E-state index contributed by atoms with van der Waals surface area (Å²) >= 11 is 3.15. The lowest BCUT2D eigenvalue weighted by molar-refractivity contribution is -0.0498. The predicted octanol–water partition coefficient (Wildman–Crippen LogP) is 3.92. The van der Waals surface area contributed by atoms with Gasteiger partial charge in [0.25, 0.3) is 5.91 Å². The molecule has 1 aromatic carbocycles. The van der Waals surface area contributed by atoms with E-state index in [1.165, 1.54) is 23.3 Å². The first-order chi connectivity index (χ1) is 9.97. The van der Waals surface area contributed by atoms with Gasteiger partial charge in [-0.05, 0) is 39.7 Å². The molecule has 4 nitrogen and oxygen atoms in total. The van der Waals surface area contributed by atoms with Crippen molar-refractivity contribution in [3.05, 3.63) is 52.4 Å². The van der Waals surface area contributed by atoms with Crippen LogP contribution in [0.15, 0.2) is 45.7 Å². The number of hydrogen-bond acceptors (Lipinski definition) is 3. The number of halogens is 3. The van der Waals surface area contributed by atoms with Gasteiger partial charge >= 0.3 is 6.61 Å². The Morgan fingerprint density at radius 2 is 2.00 bits per heavy atom. The van der Waals surface area contributed by atoms with Gasteiger partial charge in [-0.2, -0.15) is 8.78 Å². The summed E-state index contributed by atoms with van der Waals surface area (Å²) in [6.45, 7) is -2.51. The molecule has 0 spiro atoms. The second kappa shape index (κ2) is 6.71. The van der Waals surface area contributed by atoms with Crippen LogP contribution in [-0.2, 0) is 6.54 Å². The number of amides is 1. The quantitative estimate of drug-likeness (QED) is 0.812. The van der Waals surface area contributed by atoms with Gasteiger partial charge in [-0.1, -0.05) is 12.1 Å². The van der Waals surface area contributed by atoms with E-state index in [0.29, 0.717) is 16.8 Å². The van der Waals surface area contributed by atoms with Crippen molar-refractivity contribution in [3.63, 3.8) is 0 Å². The van der Waals surface area contributed by atoms with Gasteiger partial charge in [-0.25, -0.2) is 0 Å². The Bertz CT molecular complexity index is 613. The van der Waals surface area contributed by atoms with Gasteiger partial charge in [0.05, 0.1) is 11.8 Å². The maximum absolute atomic E-state index is 12.2. The number of rotatable bonds is 5. The molecular weight excluding hydrogens is 348 g/mol. The molecule has 0 saturated heterocycles. The van der Waals surface area contributed by atoms with Crippen molar-refractivity contribution in [1.29, 1.82) is 0 Å². The molecule has 0 bridgehead atoms. The minimum Gasteiger partial charge on any atom is -0.457 e. The minimum atomic E-state index is -2.85. The molecular formula is C14H12BrF2NO3. The van der Waals surface area contributed by atoms with Gasteiger partial charge in [0, 0.05) is 13.6 Å². The third kappa shape index (κ3) is 4.04. The number of carbonyl (C=O) groups excluding carboxylic acids is 1. The molecule has 0 aliphatic carbocycles. The normalized spacial score (nSPS) is 10.7. The van der Waals surface area contributed by atoms with Gasteiger partial charge in [-0.15, -0.1) is 0 Å². The van der Waals surface area contributed by atoms with Crippen LogP contribution in [0.2, 0.25) is 0 Å². The summed E-state index contributed by atoms with van der Waals surface area (Å²) in [4.78, 5) is 13.7. The van der Waals surface area contributed by atoms with Crippen LogP contribution in [-0.4, -0.2) is 24.5 Å². The first-order valence-corrected chi connectivity index (χ1v) is 6.79. The summed E-state index contributed by atoms with van der Waals surface area (Å²) in [6, 6.07) is 7.71. The van der Waals surface area contributed by atoms with E-state index in [4.69, 9.17) is 4.42 Å². The number of benzene rings is 1. The second-order valence-corrected chi connectivity index (χ2v) is 5.01. The number of hydrogen-bond donors (Lipinski definition) is 0. The zero-order valence-corrected chi connectivity index (χ0v) is 12.6. The van der Waals surface area contributed by atoms with E-state index in [-0.39, 0.29) is 11.7 Å². The second-order valence-electron chi connectivity index (χ2n) is 4.29. The number of furan rings is 1. The largest absolute Gasteiger partial charge is 0.457 e. The highest BCUT2D eigenvalue weighted by Gasteiger charge is 2.17. The fourth-order valence-corrected chi connectivity index (χ4v) is 2.18. The minimum absolute atomic E-state index is 0.0836. The third-order valence-corrected chi connectivity index (χ3v) is 3.38. The Kier molecular flexibility index (Phi) is 4.95. The topological polar surface area (TPSA) is 42.7 Å². The molecule has 1 heterocycles. The number of alkyl halides is 2. The molecule has 2 rings (SSSR count). The highest BCUT2D eigenvalue weighted by molar-refractivity contribution is 9.10. The van der Waals surface area contributed by atoms with Gasteiger partial charge in [0.15, 0.2) is 4.67 Å². The van der Waals surface area contributed by atoms with Crippen LogP contribution in [0.1, 0.15) is 15.9 Å². The maximum atomic E-state index is 12.2. The van der Waals surface area contributed by atoms with Crippen molar-refractivity contribution in [2.75, 3.05) is 7.05 Å². The maximum Gasteiger partial charge on any atom is 0.387 e. The molecule has 7 heteroatoms. The number of carbonyl (C=O) groups is 1. The third-order valence-electron chi connectivity index (χ3n) is 2.76. The van der Waals surface area contributed by atoms with Crippen LogP contribution in [0.4, 0.5) is 8.78 Å². The first-order valence-electron chi connectivity index (χ1n) is 5.99. The summed E-state index contributed by atoms with van der Waals surface area (Å²) in [5.74, 6) is -0.121. The SMILES string of the molecule is CN(Cc1ccc(OC(F)F)cc1)C(=O)c1ccoc1Br. The van der Waals surface area contributed by atoms with E-state index in [2.05, 4.69) is 20.7 Å². The molecule has 0 atom stereocenters. The van der Waals surface area contributed by atoms with Crippen molar-refractivity contribution in [2.24, 2.45) is 0 Å². The van der Waals surface area contributed by atoms with E-state index in [1.807, 2.05) is 0 Å². The molecule has 0 N–H and O–H groups in total. The Labute approximate surface area is 128 Å². The van der Waals surface area contributed by atoms with Gasteiger partial charge < -0.3 is 14.1 Å². The van der Waals surface area contributed by atoms with Crippen LogP contribution >= 0.6 is 15.9 Å². The first kappa shape index (κ1) is 15.5. The summed E-state index contributed by atoms with van der Waals surface area (Å²) in [6.07, 6.45) is 1.42. The van der Waals surface area contributed by atoms with Crippen LogP contribution in [0.5, 0.6) is 5.75 Å². The monoisotopic (exact) mass is 359 g/mol. The fourth-order valence-electron chi connectivity index (χ4n) is 1.77. The number of nitrogens with zero attached hydrogens (tertiary/aromatic N) is 1. The summed E-state index contributed by atoms with van der Waals surface area (Å²) in [5, 5.41) is 0. The van der Waals surface area contributed by atoms with E-state index in [9.17, 15) is 13.6 Å². The molecule has 1 amide bonds. The standard InChI is InChI=1S/C14H12BrF2NO3/c1-18(13(19)11-6-7-20-12(11)15)8-9-2-4-10(5-3-9)21-14(16)17/h2-7,14H,8H2,1H3. The molecule has 0 aliphatic heterocycles. The Balaban J connectivity index is 2.01. The van der Waals surface area contributed by atoms with Crippen molar-refractivity contribution in [2.45, 2.75) is 13.2 Å². The van der Waals surface area contributed by atoms with Crippen LogP contribution in [0.25, 0.3) is 0 Å². The highest BCUT2D eigenvalue weighted by Crippen LogP contribution is 2.20. The summed E-state index contributed by atoms with van der Waals surface area (Å²) < 4.78 is 33.7. The molecule has 0 aliphatic rings. The van der Waals surface area contributed by atoms with Crippen LogP contribution < -0.4 is 4.74 Å². The summed E-state index contributed by atoms with van der Waals surface area (Å²) in [5.41, 5.74) is 1.22. The molecule has 112 valence electrons. The predicted molar refractivity (Wildman–Crippen MR) is 75.3 cm³/mol. The molecule has 0 radical (unpaired) electrons. The van der Waals surface area contributed by atoms with E-state index >= 15 is 0 Å². The lowest BCUT2D eigenvalue weighted by Gasteiger charge is -2.17. The lowest BCUT2D eigenvalue weighted by Crippen LogP contribution is -2.26. The summed E-state index contributed by atoms with van der Waals surface area (Å²) in [7, 11) is 1.64. The van der Waals surface area contributed by atoms with Crippen molar-refractivity contribution >= 4 is 21.8 Å². The average Bonchev–Trinajstić information content (AvgIpc) is 2.85. The van der Waals surface area contributed by atoms with E-state index < -0.39 is 6.61 Å². The average molecular weight is 360 g/mol. The van der Waals surface area contributed by atoms with Crippen molar-refractivity contribution < 1.29 is 22.7 Å². The van der Waals surface area contributed by atoms with Crippen molar-refractivity contribution in [1.82, 2.24) is 4.90 Å². The van der Waals surface area contributed by atoms with Gasteiger partial charge in [-0.3, -0.25) is 4.79 Å². The van der Waals surface area contributed by atoms with E-state index in [0.717, 1.165) is 5.56 Å². The lowest BCUT2D eigenvalue weighted by atomic mass is 10.2. The Morgan fingerprint density at radius 1 is 1.33 bits per heavy atom. The van der Waals surface area contributed by atoms with Crippen LogP contribution in [0, 0.1) is 0 Å². The number of ether oxygens (including phenoxy) is 1. The Morgan fingerprint density at radius 3 is 2.52 bits per heavy atom. The fraction of sp³-hybridized carbons (Fsp3) is 0.214. The molecule has 0 fully saturated rings. The van der Waals surface area contributed by atoms with Crippen molar-refractivity contribution in [3.8, 4) is 5.75 Å². The molecule has 1 aromatic heterocycles. The molecule has 0 saturated carbocycles. The Hall–Kier alpha value is -1.89. The molecule has 0 unspecified atom stereocenters.